The van der Waals surface area contributed by atoms with Gasteiger partial charge in [-0.2, -0.15) is 0 Å². The number of hydrogen-bond donors (Lipinski definition) is 1. The van der Waals surface area contributed by atoms with E-state index in [4.69, 9.17) is 9.15 Å². The molecule has 29 heavy (non-hydrogen) atoms. The lowest BCUT2D eigenvalue weighted by Gasteiger charge is -2.05. The number of methoxy groups -OCH3 is 1. The molecule has 0 aliphatic heterocycles. The highest BCUT2D eigenvalue weighted by Gasteiger charge is 2.21. The van der Waals surface area contributed by atoms with Gasteiger partial charge in [0.25, 0.3) is 0 Å². The number of ether oxygens (including phenoxy) is 1. The predicted molar refractivity (Wildman–Crippen MR) is 104 cm³/mol. The topological polar surface area (TPSA) is 81.4 Å². The summed E-state index contributed by atoms with van der Waals surface area (Å²) in [6.07, 6.45) is 1.54. The van der Waals surface area contributed by atoms with Crippen LogP contribution in [0, 0.1) is 25.5 Å². The number of nitrogens with zero attached hydrogens (tertiary/aromatic N) is 1. The number of carbonyl (C=O) groups excluding carboxylic acids is 2. The normalized spacial score (nSPS) is 10.8. The van der Waals surface area contributed by atoms with E-state index < -0.39 is 17.6 Å². The Morgan fingerprint density at radius 2 is 2.03 bits per heavy atom. The quantitative estimate of drug-likeness (QED) is 0.587. The Labute approximate surface area is 169 Å². The maximum atomic E-state index is 13.8. The van der Waals surface area contributed by atoms with E-state index in [1.165, 1.54) is 30.7 Å². The number of anilines is 1. The summed E-state index contributed by atoms with van der Waals surface area (Å²) >= 11 is 1.29. The number of hydrogen-bond acceptors (Lipinski definition) is 6. The predicted octanol–water partition coefficient (Wildman–Crippen LogP) is 4.66. The fourth-order valence-electron chi connectivity index (χ4n) is 2.71. The molecule has 0 bridgehead atoms. The van der Waals surface area contributed by atoms with Crippen molar-refractivity contribution in [3.8, 4) is 11.3 Å². The lowest BCUT2D eigenvalue weighted by Crippen LogP contribution is -2.14. The number of carbonyl (C=O) groups is 2. The first-order valence-electron chi connectivity index (χ1n) is 8.68. The standard InChI is InChI=1S/C20H18F2N2O4S/c1-10-11(2)29-19(18(10)20(26)27-3)24-16(25)6-7-17-23-9-15(28-17)13-5-4-12(21)8-14(13)22/h4-5,8-9H,6-7H2,1-3H3,(H,24,25). The average molecular weight is 420 g/mol. The van der Waals surface area contributed by atoms with Gasteiger partial charge in [0.15, 0.2) is 11.7 Å². The van der Waals surface area contributed by atoms with Crippen LogP contribution in [0.3, 0.4) is 0 Å². The summed E-state index contributed by atoms with van der Waals surface area (Å²) in [5.74, 6) is -1.90. The summed E-state index contributed by atoms with van der Waals surface area (Å²) in [5, 5.41) is 3.15. The van der Waals surface area contributed by atoms with E-state index in [1.54, 1.807) is 6.92 Å². The van der Waals surface area contributed by atoms with Crippen molar-refractivity contribution in [3.05, 3.63) is 57.9 Å². The van der Waals surface area contributed by atoms with Gasteiger partial charge >= 0.3 is 5.97 Å². The zero-order chi connectivity index (χ0) is 21.1. The third-order valence-electron chi connectivity index (χ3n) is 4.34. The van der Waals surface area contributed by atoms with Crippen molar-refractivity contribution in [3.63, 3.8) is 0 Å². The Kier molecular flexibility index (Phi) is 6.07. The fraction of sp³-hybridized carbons (Fsp3) is 0.250. The van der Waals surface area contributed by atoms with Gasteiger partial charge in [0, 0.05) is 23.8 Å². The molecule has 1 N–H and O–H groups in total. The minimum Gasteiger partial charge on any atom is -0.465 e. The Balaban J connectivity index is 1.66. The largest absolute Gasteiger partial charge is 0.465 e. The van der Waals surface area contributed by atoms with E-state index in [9.17, 15) is 18.4 Å². The minimum atomic E-state index is -0.760. The molecule has 0 spiro atoms. The molecule has 9 heteroatoms. The molecular weight excluding hydrogens is 402 g/mol. The van der Waals surface area contributed by atoms with Gasteiger partial charge in [-0.05, 0) is 31.5 Å². The number of aromatic nitrogens is 1. The van der Waals surface area contributed by atoms with Gasteiger partial charge < -0.3 is 14.5 Å². The highest BCUT2D eigenvalue weighted by atomic mass is 32.1. The molecule has 2 aromatic heterocycles. The zero-order valence-electron chi connectivity index (χ0n) is 16.0. The summed E-state index contributed by atoms with van der Waals surface area (Å²) in [5.41, 5.74) is 1.19. The third kappa shape index (κ3) is 4.51. The molecule has 3 aromatic rings. The summed E-state index contributed by atoms with van der Waals surface area (Å²) in [7, 11) is 1.28. The van der Waals surface area contributed by atoms with E-state index in [0.717, 1.165) is 22.6 Å². The minimum absolute atomic E-state index is 0.0441. The van der Waals surface area contributed by atoms with E-state index in [-0.39, 0.29) is 36.0 Å². The van der Waals surface area contributed by atoms with Crippen LogP contribution in [0.15, 0.2) is 28.8 Å². The van der Waals surface area contributed by atoms with Crippen molar-refractivity contribution in [1.29, 1.82) is 0 Å². The van der Waals surface area contributed by atoms with Gasteiger partial charge in [-0.25, -0.2) is 18.6 Å². The summed E-state index contributed by atoms with van der Waals surface area (Å²) < 4.78 is 37.1. The van der Waals surface area contributed by atoms with Gasteiger partial charge in [-0.3, -0.25) is 4.79 Å². The number of halogens is 2. The number of amides is 1. The monoisotopic (exact) mass is 420 g/mol. The fourth-order valence-corrected chi connectivity index (χ4v) is 3.78. The number of benzene rings is 1. The zero-order valence-corrected chi connectivity index (χ0v) is 16.8. The number of esters is 1. The van der Waals surface area contributed by atoms with Crippen LogP contribution < -0.4 is 5.32 Å². The van der Waals surface area contributed by atoms with Gasteiger partial charge in [0.1, 0.15) is 16.6 Å². The molecular formula is C20H18F2N2O4S. The molecule has 0 fully saturated rings. The molecule has 1 aromatic carbocycles. The van der Waals surface area contributed by atoms with Crippen molar-refractivity contribution in [2.75, 3.05) is 12.4 Å². The second kappa shape index (κ2) is 8.52. The van der Waals surface area contributed by atoms with Gasteiger partial charge in [-0.15, -0.1) is 11.3 Å². The molecule has 6 nitrogen and oxygen atoms in total. The number of rotatable bonds is 6. The second-order valence-electron chi connectivity index (χ2n) is 6.27. The second-order valence-corrected chi connectivity index (χ2v) is 7.49. The Hall–Kier alpha value is -3.07. The van der Waals surface area contributed by atoms with Crippen LogP contribution in [0.2, 0.25) is 0 Å². The first kappa shape index (κ1) is 20.7. The van der Waals surface area contributed by atoms with E-state index in [1.807, 2.05) is 6.92 Å². The smallest absolute Gasteiger partial charge is 0.341 e. The maximum absolute atomic E-state index is 13.8. The molecule has 0 radical (unpaired) electrons. The van der Waals surface area contributed by atoms with Crippen molar-refractivity contribution in [2.24, 2.45) is 0 Å². The van der Waals surface area contributed by atoms with Crippen molar-refractivity contribution < 1.29 is 27.5 Å². The molecule has 0 saturated heterocycles. The highest BCUT2D eigenvalue weighted by molar-refractivity contribution is 7.16. The van der Waals surface area contributed by atoms with E-state index >= 15 is 0 Å². The van der Waals surface area contributed by atoms with Gasteiger partial charge in [0.05, 0.1) is 24.4 Å². The number of aryl methyl sites for hydroxylation is 2. The number of nitrogens with one attached hydrogen (secondary N) is 1. The van der Waals surface area contributed by atoms with E-state index in [2.05, 4.69) is 10.3 Å². The van der Waals surface area contributed by atoms with Crippen molar-refractivity contribution >= 4 is 28.2 Å². The maximum Gasteiger partial charge on any atom is 0.341 e. The SMILES string of the molecule is COC(=O)c1c(NC(=O)CCc2ncc(-c3ccc(F)cc3F)o2)sc(C)c1C. The number of oxazole rings is 1. The van der Waals surface area contributed by atoms with Crippen LogP contribution in [0.4, 0.5) is 13.8 Å². The van der Waals surface area contributed by atoms with E-state index in [0.29, 0.717) is 10.6 Å². The lowest BCUT2D eigenvalue weighted by molar-refractivity contribution is -0.116. The molecule has 2 heterocycles. The first-order valence-corrected chi connectivity index (χ1v) is 9.50. The van der Waals surface area contributed by atoms with Crippen LogP contribution >= 0.6 is 11.3 Å². The molecule has 0 unspecified atom stereocenters. The molecule has 152 valence electrons. The van der Waals surface area contributed by atoms with Crippen molar-refractivity contribution in [2.45, 2.75) is 26.7 Å². The van der Waals surface area contributed by atoms with Crippen LogP contribution in [-0.2, 0) is 16.0 Å². The van der Waals surface area contributed by atoms with Gasteiger partial charge in [-0.1, -0.05) is 0 Å². The van der Waals surface area contributed by atoms with Crippen LogP contribution in [0.5, 0.6) is 0 Å². The van der Waals surface area contributed by atoms with Gasteiger partial charge in [0.2, 0.25) is 5.91 Å². The first-order chi connectivity index (χ1) is 13.8. The van der Waals surface area contributed by atoms with Crippen LogP contribution in [0.25, 0.3) is 11.3 Å². The molecule has 0 aliphatic rings. The highest BCUT2D eigenvalue weighted by Crippen LogP contribution is 2.33. The summed E-state index contributed by atoms with van der Waals surface area (Å²) in [6, 6.07) is 3.14. The lowest BCUT2D eigenvalue weighted by atomic mass is 10.1. The van der Waals surface area contributed by atoms with Crippen molar-refractivity contribution in [1.82, 2.24) is 4.98 Å². The number of thiophene rings is 1. The Morgan fingerprint density at radius 1 is 1.28 bits per heavy atom. The Bertz CT molecular complexity index is 1070. The van der Waals surface area contributed by atoms with Crippen LogP contribution in [-0.4, -0.2) is 24.0 Å². The molecule has 1 amide bonds. The summed E-state index contributed by atoms with van der Waals surface area (Å²) in [4.78, 5) is 29.2. The molecule has 0 saturated carbocycles. The Morgan fingerprint density at radius 3 is 2.72 bits per heavy atom. The molecule has 0 aliphatic carbocycles. The third-order valence-corrected chi connectivity index (χ3v) is 5.47. The van der Waals surface area contributed by atoms with Crippen LogP contribution in [0.1, 0.15) is 33.1 Å². The average Bonchev–Trinajstić information content (AvgIpc) is 3.24. The molecule has 0 atom stereocenters. The summed E-state index contributed by atoms with van der Waals surface area (Å²) in [6.45, 7) is 3.64. The molecule has 3 rings (SSSR count).